The van der Waals surface area contributed by atoms with Crippen LogP contribution in [0, 0.1) is 0 Å². The van der Waals surface area contributed by atoms with Crippen molar-refractivity contribution in [1.82, 2.24) is 4.90 Å². The Bertz CT molecular complexity index is 404. The molecule has 0 bridgehead atoms. The van der Waals surface area contributed by atoms with Crippen LogP contribution in [0.2, 0.25) is 0 Å². The van der Waals surface area contributed by atoms with Gasteiger partial charge in [0.25, 0.3) is 0 Å². The second-order valence-electron chi connectivity index (χ2n) is 5.35. The van der Waals surface area contributed by atoms with Gasteiger partial charge in [-0.1, -0.05) is 43.7 Å². The summed E-state index contributed by atoms with van der Waals surface area (Å²) in [5.41, 5.74) is 0.912. The third-order valence-electron chi connectivity index (χ3n) is 4.14. The summed E-state index contributed by atoms with van der Waals surface area (Å²) in [6.45, 7) is 3.87. The van der Waals surface area contributed by atoms with Crippen molar-refractivity contribution in [2.24, 2.45) is 0 Å². The molecule has 104 valence electrons. The Labute approximate surface area is 115 Å². The quantitative estimate of drug-likeness (QED) is 0.885. The van der Waals surface area contributed by atoms with Gasteiger partial charge in [-0.25, -0.2) is 0 Å². The SMILES string of the molecule is CCC1CCCCN1CC(C(=O)O)c1ccccc1. The van der Waals surface area contributed by atoms with E-state index in [-0.39, 0.29) is 0 Å². The first-order valence-electron chi connectivity index (χ1n) is 7.24. The van der Waals surface area contributed by atoms with E-state index in [1.165, 1.54) is 19.3 Å². The fourth-order valence-corrected chi connectivity index (χ4v) is 3.01. The lowest BCUT2D eigenvalue weighted by Gasteiger charge is -2.36. The van der Waals surface area contributed by atoms with Crippen molar-refractivity contribution in [3.63, 3.8) is 0 Å². The van der Waals surface area contributed by atoms with Crippen molar-refractivity contribution in [2.75, 3.05) is 13.1 Å². The fraction of sp³-hybridized carbons (Fsp3) is 0.562. The van der Waals surface area contributed by atoms with Gasteiger partial charge in [0.05, 0.1) is 5.92 Å². The highest BCUT2D eigenvalue weighted by Gasteiger charge is 2.27. The molecule has 1 N–H and O–H groups in total. The number of piperidine rings is 1. The van der Waals surface area contributed by atoms with Crippen LogP contribution in [0.4, 0.5) is 0 Å². The summed E-state index contributed by atoms with van der Waals surface area (Å²) in [7, 11) is 0. The van der Waals surface area contributed by atoms with E-state index in [1.54, 1.807) is 0 Å². The van der Waals surface area contributed by atoms with E-state index < -0.39 is 11.9 Å². The van der Waals surface area contributed by atoms with E-state index in [0.29, 0.717) is 12.6 Å². The second-order valence-corrected chi connectivity index (χ2v) is 5.35. The maximum atomic E-state index is 11.5. The van der Waals surface area contributed by atoms with E-state index in [0.717, 1.165) is 18.5 Å². The van der Waals surface area contributed by atoms with E-state index in [9.17, 15) is 9.90 Å². The molecule has 0 aromatic heterocycles. The number of nitrogens with zero attached hydrogens (tertiary/aromatic N) is 1. The van der Waals surface area contributed by atoms with Gasteiger partial charge in [-0.05, 0) is 31.4 Å². The zero-order valence-corrected chi connectivity index (χ0v) is 11.6. The molecule has 3 nitrogen and oxygen atoms in total. The van der Waals surface area contributed by atoms with Crippen molar-refractivity contribution >= 4 is 5.97 Å². The first kappa shape index (κ1) is 14.1. The monoisotopic (exact) mass is 261 g/mol. The molecule has 2 rings (SSSR count). The summed E-state index contributed by atoms with van der Waals surface area (Å²) in [5.74, 6) is -1.13. The van der Waals surface area contributed by atoms with Gasteiger partial charge >= 0.3 is 5.97 Å². The lowest BCUT2D eigenvalue weighted by molar-refractivity contribution is -0.139. The highest BCUT2D eigenvalue weighted by atomic mass is 16.4. The highest BCUT2D eigenvalue weighted by molar-refractivity contribution is 5.76. The first-order chi connectivity index (χ1) is 9.22. The van der Waals surface area contributed by atoms with Gasteiger partial charge in [-0.15, -0.1) is 0 Å². The Morgan fingerprint density at radius 1 is 1.37 bits per heavy atom. The molecule has 2 atom stereocenters. The maximum absolute atomic E-state index is 11.5. The largest absolute Gasteiger partial charge is 0.481 e. The van der Waals surface area contributed by atoms with Crippen LogP contribution >= 0.6 is 0 Å². The van der Waals surface area contributed by atoms with Crippen LogP contribution in [0.25, 0.3) is 0 Å². The summed E-state index contributed by atoms with van der Waals surface area (Å²) in [6.07, 6.45) is 4.79. The average molecular weight is 261 g/mol. The topological polar surface area (TPSA) is 40.5 Å². The van der Waals surface area contributed by atoms with Crippen molar-refractivity contribution in [3.8, 4) is 0 Å². The Morgan fingerprint density at radius 3 is 2.74 bits per heavy atom. The zero-order chi connectivity index (χ0) is 13.7. The molecule has 1 heterocycles. The zero-order valence-electron chi connectivity index (χ0n) is 11.6. The van der Waals surface area contributed by atoms with Gasteiger partial charge in [0.15, 0.2) is 0 Å². The molecule has 0 aliphatic carbocycles. The van der Waals surface area contributed by atoms with Gasteiger partial charge in [-0.3, -0.25) is 9.69 Å². The minimum absolute atomic E-state index is 0.409. The number of carboxylic acid groups (broad SMARTS) is 1. The number of carbonyl (C=O) groups is 1. The molecule has 0 amide bonds. The smallest absolute Gasteiger partial charge is 0.312 e. The van der Waals surface area contributed by atoms with Crippen LogP contribution < -0.4 is 0 Å². The van der Waals surface area contributed by atoms with Crippen LogP contribution in [-0.4, -0.2) is 35.1 Å². The number of aliphatic carboxylic acids is 1. The summed E-state index contributed by atoms with van der Waals surface area (Å²) in [5, 5.41) is 9.49. The lowest BCUT2D eigenvalue weighted by Crippen LogP contribution is -2.42. The molecule has 1 aliphatic heterocycles. The van der Waals surface area contributed by atoms with Gasteiger partial charge in [0, 0.05) is 12.6 Å². The van der Waals surface area contributed by atoms with Gasteiger partial charge in [0.1, 0.15) is 0 Å². The molecule has 1 saturated heterocycles. The van der Waals surface area contributed by atoms with E-state index in [2.05, 4.69) is 11.8 Å². The number of benzene rings is 1. The molecule has 3 heteroatoms. The lowest BCUT2D eigenvalue weighted by atomic mass is 9.94. The van der Waals surface area contributed by atoms with Crippen molar-refractivity contribution in [2.45, 2.75) is 44.6 Å². The van der Waals surface area contributed by atoms with Gasteiger partial charge < -0.3 is 5.11 Å². The molecule has 0 saturated carbocycles. The molecule has 1 fully saturated rings. The van der Waals surface area contributed by atoms with Gasteiger partial charge in [-0.2, -0.15) is 0 Å². The van der Waals surface area contributed by atoms with Crippen LogP contribution in [0.5, 0.6) is 0 Å². The first-order valence-corrected chi connectivity index (χ1v) is 7.24. The van der Waals surface area contributed by atoms with Crippen molar-refractivity contribution < 1.29 is 9.90 Å². The molecule has 1 aliphatic rings. The van der Waals surface area contributed by atoms with Crippen LogP contribution in [0.15, 0.2) is 30.3 Å². The molecular formula is C16H23NO2. The molecule has 1 aromatic rings. The number of carboxylic acids is 1. The minimum atomic E-state index is -0.716. The number of likely N-dealkylation sites (tertiary alicyclic amines) is 1. The molecule has 2 unspecified atom stereocenters. The molecule has 0 radical (unpaired) electrons. The van der Waals surface area contributed by atoms with E-state index in [1.807, 2.05) is 30.3 Å². The standard InChI is InChI=1S/C16H23NO2/c1-2-14-10-6-7-11-17(14)12-15(16(18)19)13-8-4-3-5-9-13/h3-5,8-9,14-15H,2,6-7,10-12H2,1H3,(H,18,19). The Balaban J connectivity index is 2.10. The summed E-state index contributed by atoms with van der Waals surface area (Å²) in [4.78, 5) is 13.9. The summed E-state index contributed by atoms with van der Waals surface area (Å²) in [6, 6.07) is 10.2. The van der Waals surface area contributed by atoms with Gasteiger partial charge in [0.2, 0.25) is 0 Å². The number of hydrogen-bond donors (Lipinski definition) is 1. The minimum Gasteiger partial charge on any atom is -0.481 e. The molecule has 19 heavy (non-hydrogen) atoms. The highest BCUT2D eigenvalue weighted by Crippen LogP contribution is 2.24. The fourth-order valence-electron chi connectivity index (χ4n) is 3.01. The van der Waals surface area contributed by atoms with Crippen LogP contribution in [-0.2, 0) is 4.79 Å². The van der Waals surface area contributed by atoms with E-state index in [4.69, 9.17) is 0 Å². The summed E-state index contributed by atoms with van der Waals surface area (Å²) < 4.78 is 0. The Kier molecular flexibility index (Phi) is 4.97. The van der Waals surface area contributed by atoms with Crippen molar-refractivity contribution in [1.29, 1.82) is 0 Å². The van der Waals surface area contributed by atoms with Crippen LogP contribution in [0.1, 0.15) is 44.1 Å². The maximum Gasteiger partial charge on any atom is 0.312 e. The molecule has 1 aromatic carbocycles. The molecule has 0 spiro atoms. The third-order valence-corrected chi connectivity index (χ3v) is 4.14. The predicted molar refractivity (Wildman–Crippen MR) is 76.3 cm³/mol. The normalized spacial score (nSPS) is 22.1. The number of hydrogen-bond acceptors (Lipinski definition) is 2. The third kappa shape index (κ3) is 3.57. The van der Waals surface area contributed by atoms with E-state index >= 15 is 0 Å². The summed E-state index contributed by atoms with van der Waals surface area (Å²) >= 11 is 0. The predicted octanol–water partition coefficient (Wildman–Crippen LogP) is 3.12. The Morgan fingerprint density at radius 2 is 2.11 bits per heavy atom. The average Bonchev–Trinajstić information content (AvgIpc) is 2.45. The second kappa shape index (κ2) is 6.71. The van der Waals surface area contributed by atoms with Crippen molar-refractivity contribution in [3.05, 3.63) is 35.9 Å². The number of rotatable bonds is 5. The molecular weight excluding hydrogens is 238 g/mol. The Hall–Kier alpha value is -1.35. The van der Waals surface area contributed by atoms with Crippen LogP contribution in [0.3, 0.4) is 0 Å².